The molecule has 0 spiro atoms. The molecule has 3 aromatic heterocycles. The molecule has 5 N–H and O–H groups in total. The van der Waals surface area contributed by atoms with E-state index in [1.165, 1.54) is 23.1 Å². The average molecular weight is 561 g/mol. The van der Waals surface area contributed by atoms with Crippen LogP contribution in [0.1, 0.15) is 12.6 Å². The number of pyridine rings is 1. The molecular weight excluding hydrogens is 540 g/mol. The minimum absolute atomic E-state index is 0.132. The molecule has 2 aliphatic heterocycles. The highest BCUT2D eigenvalue weighted by Gasteiger charge is 2.53. The summed E-state index contributed by atoms with van der Waals surface area (Å²) in [5.74, 6) is -2.40. The second-order valence-electron chi connectivity index (χ2n) is 7.95. The average Bonchev–Trinajstić information content (AvgIpc) is 3.46. The van der Waals surface area contributed by atoms with E-state index in [0.717, 1.165) is 20.9 Å². The number of nitrogens with one attached hydrogen (secondary N) is 1. The summed E-state index contributed by atoms with van der Waals surface area (Å²) in [5, 5.41) is 20.2. The zero-order chi connectivity index (χ0) is 26.3. The fourth-order valence-corrected chi connectivity index (χ4v) is 6.57. The van der Waals surface area contributed by atoms with Crippen LogP contribution in [0.3, 0.4) is 0 Å². The first-order valence-electron chi connectivity index (χ1n) is 10.9. The van der Waals surface area contributed by atoms with Crippen LogP contribution in [-0.4, -0.2) is 62.1 Å². The summed E-state index contributed by atoms with van der Waals surface area (Å²) in [6.45, 7) is 2.14. The highest BCUT2D eigenvalue weighted by atomic mass is 32.2. The Morgan fingerprint density at radius 2 is 2.16 bits per heavy atom. The number of thioether (sulfide) groups is 1. The maximum atomic E-state index is 13.0. The maximum Gasteiger partial charge on any atom is 0.276 e. The number of carboxylic acid groups (broad SMARTS) is 1. The minimum Gasteiger partial charge on any atom is -0.543 e. The number of rotatable bonds is 8. The van der Waals surface area contributed by atoms with Crippen LogP contribution in [0.25, 0.3) is 10.2 Å². The van der Waals surface area contributed by atoms with E-state index in [2.05, 4.69) is 20.4 Å². The highest BCUT2D eigenvalue weighted by Crippen LogP contribution is 2.40. The topological polar surface area (TPSA) is 193 Å². The molecule has 192 valence electrons. The molecule has 3 aromatic rings. The second-order valence-corrected chi connectivity index (χ2v) is 11.0. The van der Waals surface area contributed by atoms with Gasteiger partial charge in [0.15, 0.2) is 34.9 Å². The Kier molecular flexibility index (Phi) is 6.70. The molecule has 16 heteroatoms. The Labute approximate surface area is 221 Å². The monoisotopic (exact) mass is 560 g/mol. The summed E-state index contributed by atoms with van der Waals surface area (Å²) in [7, 11) is 0. The van der Waals surface area contributed by atoms with Crippen molar-refractivity contribution in [1.82, 2.24) is 20.2 Å². The number of carboxylic acids is 1. The number of amides is 2. The van der Waals surface area contributed by atoms with Gasteiger partial charge in [0.2, 0.25) is 0 Å². The number of hydrogen-bond donors (Lipinski definition) is 3. The predicted octanol–water partition coefficient (Wildman–Crippen LogP) is -0.951. The number of oxime groups is 1. The van der Waals surface area contributed by atoms with Gasteiger partial charge < -0.3 is 31.5 Å². The molecule has 1 fully saturated rings. The van der Waals surface area contributed by atoms with Crippen LogP contribution in [0.15, 0.2) is 40.3 Å². The number of thiazole rings is 2. The normalized spacial score (nSPS) is 19.5. The van der Waals surface area contributed by atoms with Crippen LogP contribution in [-0.2, 0) is 25.8 Å². The van der Waals surface area contributed by atoms with Crippen molar-refractivity contribution in [2.45, 2.75) is 24.9 Å². The van der Waals surface area contributed by atoms with Gasteiger partial charge in [-0.1, -0.05) is 16.5 Å². The van der Waals surface area contributed by atoms with E-state index in [4.69, 9.17) is 16.3 Å². The van der Waals surface area contributed by atoms with E-state index in [0.29, 0.717) is 22.0 Å². The van der Waals surface area contributed by atoms with Crippen molar-refractivity contribution in [2.75, 3.05) is 23.8 Å². The van der Waals surface area contributed by atoms with E-state index < -0.39 is 29.2 Å². The lowest BCUT2D eigenvalue weighted by Gasteiger charge is -2.50. The van der Waals surface area contributed by atoms with Gasteiger partial charge in [-0.15, -0.1) is 23.1 Å². The maximum absolute atomic E-state index is 13.0. The van der Waals surface area contributed by atoms with E-state index in [1.54, 1.807) is 29.3 Å². The summed E-state index contributed by atoms with van der Waals surface area (Å²) in [4.78, 5) is 52.6. The third-order valence-corrected chi connectivity index (χ3v) is 8.45. The fourth-order valence-electron chi connectivity index (χ4n) is 3.99. The molecule has 1 saturated heterocycles. The molecule has 0 radical (unpaired) electrons. The van der Waals surface area contributed by atoms with Gasteiger partial charge in [0.25, 0.3) is 11.8 Å². The largest absolute Gasteiger partial charge is 0.543 e. The summed E-state index contributed by atoms with van der Waals surface area (Å²) in [6, 6.07) is 0.886. The molecule has 13 nitrogen and oxygen atoms in total. The van der Waals surface area contributed by atoms with Crippen LogP contribution in [0.2, 0.25) is 0 Å². The van der Waals surface area contributed by atoms with E-state index in [1.807, 2.05) is 6.07 Å². The van der Waals surface area contributed by atoms with Gasteiger partial charge in [-0.05, 0) is 6.92 Å². The van der Waals surface area contributed by atoms with Gasteiger partial charge >= 0.3 is 0 Å². The molecule has 5 rings (SSSR count). The number of carbonyl (C=O) groups excluding carboxylic acids is 3. The predicted molar refractivity (Wildman–Crippen MR) is 136 cm³/mol. The second kappa shape index (κ2) is 9.95. The van der Waals surface area contributed by atoms with Crippen molar-refractivity contribution in [3.63, 3.8) is 0 Å². The van der Waals surface area contributed by atoms with Gasteiger partial charge in [-0.25, -0.2) is 9.97 Å². The zero-order valence-electron chi connectivity index (χ0n) is 19.2. The Balaban J connectivity index is 1.35. The first kappa shape index (κ1) is 24.9. The third kappa shape index (κ3) is 4.70. The molecule has 0 aromatic carbocycles. The molecule has 2 amide bonds. The van der Waals surface area contributed by atoms with Gasteiger partial charge in [-0.3, -0.25) is 14.5 Å². The zero-order valence-corrected chi connectivity index (χ0v) is 21.7. The number of aromatic nitrogens is 3. The molecule has 37 heavy (non-hydrogen) atoms. The summed E-state index contributed by atoms with van der Waals surface area (Å²) in [5.41, 5.74) is 12.5. The van der Waals surface area contributed by atoms with E-state index in [-0.39, 0.29) is 35.4 Å². The molecule has 1 unspecified atom stereocenters. The van der Waals surface area contributed by atoms with Gasteiger partial charge in [-0.2, -0.15) is 4.57 Å². The summed E-state index contributed by atoms with van der Waals surface area (Å²) < 4.78 is 2.69. The number of nitrogens with zero attached hydrogens (tertiary/aromatic N) is 5. The Morgan fingerprint density at radius 1 is 1.35 bits per heavy atom. The van der Waals surface area contributed by atoms with Crippen molar-refractivity contribution < 1.29 is 28.9 Å². The van der Waals surface area contributed by atoms with E-state index in [9.17, 15) is 19.5 Å². The molecule has 2 aliphatic rings. The molecule has 0 saturated carbocycles. The van der Waals surface area contributed by atoms with Crippen molar-refractivity contribution >= 4 is 78.4 Å². The SMILES string of the molecule is CCO/N=C(\C(=O)NC1C(=O)N2C(C(=O)[O-])=C(C[n+]3ccc4sc(N)nc4c3)CS[C@@H]12)c1csc(N)n1. The molecule has 2 atom stereocenters. The number of fused-ring (bicyclic) bond motifs is 2. The van der Waals surface area contributed by atoms with Crippen LogP contribution in [0.4, 0.5) is 10.3 Å². The first-order chi connectivity index (χ1) is 17.8. The Bertz CT molecular complexity index is 1480. The fraction of sp³-hybridized carbons (Fsp3) is 0.286. The van der Waals surface area contributed by atoms with Crippen molar-refractivity contribution in [2.24, 2.45) is 5.16 Å². The molecule has 0 aliphatic carbocycles. The van der Waals surface area contributed by atoms with Crippen molar-refractivity contribution in [3.05, 3.63) is 40.8 Å². The van der Waals surface area contributed by atoms with Gasteiger partial charge in [0, 0.05) is 22.8 Å². The number of aliphatic carboxylic acids is 1. The Morgan fingerprint density at radius 3 is 2.86 bits per heavy atom. The molecule has 5 heterocycles. The standard InChI is InChI=1S/C21H20N8O5S3/c1-2-34-27-13(11-8-36-20(22)25-11)16(30)26-14-17(31)29-15(19(32)33)9(7-35-18(14)29)5-28-4-3-12-10(6-28)24-21(23)37-12/h3-4,6,8,14,18H,2,5,7H2,1H3,(H5-,22,23,24,25,26,30,32,33)/b27-13-/t14?,18-/m0/s1. The minimum atomic E-state index is -1.46. The van der Waals surface area contributed by atoms with Crippen LogP contribution < -0.4 is 26.5 Å². The lowest BCUT2D eigenvalue weighted by molar-refractivity contribution is -0.687. The van der Waals surface area contributed by atoms with Crippen molar-refractivity contribution in [1.29, 1.82) is 0 Å². The third-order valence-electron chi connectivity index (χ3n) is 5.57. The number of carbonyl (C=O) groups is 3. The summed E-state index contributed by atoms with van der Waals surface area (Å²) >= 11 is 3.82. The number of hydrogen-bond acceptors (Lipinski definition) is 13. The number of nitrogens with two attached hydrogens (primary N) is 2. The van der Waals surface area contributed by atoms with Crippen molar-refractivity contribution in [3.8, 4) is 0 Å². The van der Waals surface area contributed by atoms with Crippen LogP contribution >= 0.6 is 34.4 Å². The van der Waals surface area contributed by atoms with Gasteiger partial charge in [0.05, 0.1) is 16.4 Å². The molecular formula is C21H20N8O5S3. The van der Waals surface area contributed by atoms with E-state index >= 15 is 0 Å². The first-order valence-corrected chi connectivity index (χ1v) is 13.7. The van der Waals surface area contributed by atoms with Crippen LogP contribution in [0.5, 0.6) is 0 Å². The summed E-state index contributed by atoms with van der Waals surface area (Å²) in [6.07, 6.45) is 3.56. The smallest absolute Gasteiger partial charge is 0.276 e. The number of β-lactam (4-membered cyclic amide) rings is 1. The molecule has 0 bridgehead atoms. The highest BCUT2D eigenvalue weighted by molar-refractivity contribution is 8.00. The lowest BCUT2D eigenvalue weighted by atomic mass is 10.0. The number of anilines is 2. The quantitative estimate of drug-likeness (QED) is 0.134. The lowest BCUT2D eigenvalue weighted by Crippen LogP contribution is -2.71. The number of nitrogen functional groups attached to an aromatic ring is 2. The van der Waals surface area contributed by atoms with Gasteiger partial charge in [0.1, 0.15) is 29.2 Å². The Hall–Kier alpha value is -3.76. The van der Waals surface area contributed by atoms with Crippen LogP contribution in [0, 0.1) is 0 Å².